The SMILES string of the molecule is O=C(O)CNC(=O)c1ncc2cc(/C=C/c3ccccc3)sc2c1O. The van der Waals surface area contributed by atoms with Gasteiger partial charge in [-0.2, -0.15) is 0 Å². The van der Waals surface area contributed by atoms with E-state index in [4.69, 9.17) is 5.11 Å². The maximum absolute atomic E-state index is 11.9. The van der Waals surface area contributed by atoms with Gasteiger partial charge in [0.15, 0.2) is 11.4 Å². The first kappa shape index (κ1) is 16.7. The molecule has 3 rings (SSSR count). The van der Waals surface area contributed by atoms with Crippen LogP contribution >= 0.6 is 11.3 Å². The minimum atomic E-state index is -1.17. The molecule has 0 aliphatic rings. The van der Waals surface area contributed by atoms with E-state index in [1.807, 2.05) is 48.6 Å². The van der Waals surface area contributed by atoms with Crippen molar-refractivity contribution in [3.8, 4) is 5.75 Å². The lowest BCUT2D eigenvalue weighted by Gasteiger charge is -2.04. The predicted molar refractivity (Wildman–Crippen MR) is 96.6 cm³/mol. The van der Waals surface area contributed by atoms with E-state index in [0.29, 0.717) is 10.1 Å². The van der Waals surface area contributed by atoms with Crippen molar-refractivity contribution in [2.24, 2.45) is 0 Å². The predicted octanol–water partition coefficient (Wildman–Crippen LogP) is 2.99. The molecule has 0 saturated heterocycles. The maximum atomic E-state index is 11.9. The van der Waals surface area contributed by atoms with Gasteiger partial charge in [-0.05, 0) is 17.7 Å². The second-order valence-corrected chi connectivity index (χ2v) is 6.29. The zero-order valence-electron chi connectivity index (χ0n) is 13.0. The number of thiophene rings is 1. The summed E-state index contributed by atoms with van der Waals surface area (Å²) in [5.41, 5.74) is 0.866. The number of nitrogens with one attached hydrogen (secondary N) is 1. The number of benzene rings is 1. The highest BCUT2D eigenvalue weighted by atomic mass is 32.1. The fraction of sp³-hybridized carbons (Fsp3) is 0.0556. The Hall–Kier alpha value is -3.19. The van der Waals surface area contributed by atoms with Gasteiger partial charge in [-0.15, -0.1) is 11.3 Å². The van der Waals surface area contributed by atoms with Crippen molar-refractivity contribution in [3.63, 3.8) is 0 Å². The molecule has 25 heavy (non-hydrogen) atoms. The van der Waals surface area contributed by atoms with Crippen LogP contribution < -0.4 is 5.32 Å². The molecule has 0 saturated carbocycles. The average Bonchev–Trinajstić information content (AvgIpc) is 3.03. The van der Waals surface area contributed by atoms with Gasteiger partial charge in [0.2, 0.25) is 0 Å². The number of aromatic hydroxyl groups is 1. The summed E-state index contributed by atoms with van der Waals surface area (Å²) in [6.45, 7) is -0.534. The van der Waals surface area contributed by atoms with Crippen LogP contribution in [0.2, 0.25) is 0 Å². The minimum absolute atomic E-state index is 0.186. The summed E-state index contributed by atoms with van der Waals surface area (Å²) in [6.07, 6.45) is 5.36. The van der Waals surface area contributed by atoms with Crippen LogP contribution in [0, 0.1) is 0 Å². The molecule has 3 aromatic rings. The summed E-state index contributed by atoms with van der Waals surface area (Å²) in [6, 6.07) is 11.7. The van der Waals surface area contributed by atoms with Crippen LogP contribution in [-0.4, -0.2) is 33.6 Å². The highest BCUT2D eigenvalue weighted by Crippen LogP contribution is 2.35. The average molecular weight is 354 g/mol. The largest absolute Gasteiger partial charge is 0.504 e. The molecule has 0 aliphatic carbocycles. The summed E-state index contributed by atoms with van der Waals surface area (Å²) in [7, 11) is 0. The highest BCUT2D eigenvalue weighted by Gasteiger charge is 2.17. The first-order chi connectivity index (χ1) is 12.0. The molecule has 0 radical (unpaired) electrons. The molecular formula is C18H14N2O4S. The number of hydrogen-bond donors (Lipinski definition) is 3. The zero-order valence-corrected chi connectivity index (χ0v) is 13.8. The summed E-state index contributed by atoms with van der Waals surface area (Å²) in [4.78, 5) is 27.3. The van der Waals surface area contributed by atoms with E-state index in [2.05, 4.69) is 10.3 Å². The molecule has 6 nitrogen and oxygen atoms in total. The van der Waals surface area contributed by atoms with Gasteiger partial charge in [-0.25, -0.2) is 4.98 Å². The standard InChI is InChI=1S/C18H14N2O4S/c21-14(22)10-20-18(24)15-16(23)17-12(9-19-15)8-13(25-17)7-6-11-4-2-1-3-5-11/h1-9,23H,10H2,(H,20,24)(H,21,22)/b7-6+. The van der Waals surface area contributed by atoms with Crippen LogP contribution in [-0.2, 0) is 4.79 Å². The lowest BCUT2D eigenvalue weighted by molar-refractivity contribution is -0.135. The van der Waals surface area contributed by atoms with Crippen LogP contribution in [0.4, 0.5) is 0 Å². The van der Waals surface area contributed by atoms with Gasteiger partial charge in [0.1, 0.15) is 6.54 Å². The quantitative estimate of drug-likeness (QED) is 0.654. The van der Waals surface area contributed by atoms with Crippen molar-refractivity contribution in [1.82, 2.24) is 10.3 Å². The molecule has 0 bridgehead atoms. The van der Waals surface area contributed by atoms with Crippen molar-refractivity contribution in [1.29, 1.82) is 0 Å². The van der Waals surface area contributed by atoms with Crippen molar-refractivity contribution < 1.29 is 19.8 Å². The van der Waals surface area contributed by atoms with Gasteiger partial charge >= 0.3 is 5.97 Å². The van der Waals surface area contributed by atoms with Crippen LogP contribution in [0.15, 0.2) is 42.6 Å². The van der Waals surface area contributed by atoms with E-state index in [1.165, 1.54) is 17.5 Å². The van der Waals surface area contributed by atoms with Gasteiger partial charge in [0.25, 0.3) is 5.91 Å². The van der Waals surface area contributed by atoms with Crippen molar-refractivity contribution in [3.05, 3.63) is 58.7 Å². The molecule has 0 fully saturated rings. The normalized spacial score (nSPS) is 11.0. The molecule has 2 heterocycles. The van der Waals surface area contributed by atoms with E-state index < -0.39 is 18.4 Å². The Bertz CT molecular complexity index is 964. The highest BCUT2D eigenvalue weighted by molar-refractivity contribution is 7.20. The summed E-state index contributed by atoms with van der Waals surface area (Å²) in [5.74, 6) is -2.14. The monoisotopic (exact) mass is 354 g/mol. The van der Waals surface area contributed by atoms with E-state index in [9.17, 15) is 14.7 Å². The molecule has 0 aliphatic heterocycles. The molecule has 1 aromatic carbocycles. The topological polar surface area (TPSA) is 99.5 Å². The van der Waals surface area contributed by atoms with E-state index in [1.54, 1.807) is 0 Å². The number of fused-ring (bicyclic) bond motifs is 1. The van der Waals surface area contributed by atoms with E-state index in [0.717, 1.165) is 10.4 Å². The Morgan fingerprint density at radius 3 is 2.68 bits per heavy atom. The zero-order chi connectivity index (χ0) is 17.8. The Balaban J connectivity index is 1.88. The summed E-state index contributed by atoms with van der Waals surface area (Å²) >= 11 is 1.33. The Kier molecular flexibility index (Phi) is 4.76. The maximum Gasteiger partial charge on any atom is 0.322 e. The lowest BCUT2D eigenvalue weighted by Crippen LogP contribution is -2.29. The molecule has 1 amide bonds. The fourth-order valence-electron chi connectivity index (χ4n) is 2.24. The third-order valence-electron chi connectivity index (χ3n) is 3.41. The Labute approximate surface area is 147 Å². The summed E-state index contributed by atoms with van der Waals surface area (Å²) in [5, 5.41) is 21.8. The van der Waals surface area contributed by atoms with Crippen LogP contribution in [0.3, 0.4) is 0 Å². The van der Waals surface area contributed by atoms with Crippen molar-refractivity contribution >= 4 is 45.5 Å². The third-order valence-corrected chi connectivity index (χ3v) is 4.53. The van der Waals surface area contributed by atoms with Crippen LogP contribution in [0.1, 0.15) is 20.9 Å². The smallest absolute Gasteiger partial charge is 0.322 e. The molecule has 126 valence electrons. The third kappa shape index (κ3) is 3.84. The van der Waals surface area contributed by atoms with Crippen LogP contribution in [0.25, 0.3) is 22.2 Å². The second-order valence-electron chi connectivity index (χ2n) is 5.21. The molecule has 7 heteroatoms. The number of carbonyl (C=O) groups excluding carboxylic acids is 1. The van der Waals surface area contributed by atoms with Crippen molar-refractivity contribution in [2.75, 3.05) is 6.54 Å². The molecular weight excluding hydrogens is 340 g/mol. The molecule has 0 unspecified atom stereocenters. The van der Waals surface area contributed by atoms with Gasteiger partial charge in [0.05, 0.1) is 4.70 Å². The number of aromatic nitrogens is 1. The van der Waals surface area contributed by atoms with Crippen LogP contribution in [0.5, 0.6) is 5.75 Å². The molecule has 0 atom stereocenters. The number of rotatable bonds is 5. The number of aliphatic carboxylic acids is 1. The number of carbonyl (C=O) groups is 2. The fourth-order valence-corrected chi connectivity index (χ4v) is 3.22. The first-order valence-electron chi connectivity index (χ1n) is 7.39. The number of amides is 1. The lowest BCUT2D eigenvalue weighted by atomic mass is 10.2. The van der Waals surface area contributed by atoms with E-state index >= 15 is 0 Å². The Morgan fingerprint density at radius 1 is 1.20 bits per heavy atom. The number of carboxylic acid groups (broad SMARTS) is 1. The minimum Gasteiger partial charge on any atom is -0.504 e. The summed E-state index contributed by atoms with van der Waals surface area (Å²) < 4.78 is 0.531. The second kappa shape index (κ2) is 7.14. The van der Waals surface area contributed by atoms with Crippen molar-refractivity contribution in [2.45, 2.75) is 0 Å². The van der Waals surface area contributed by atoms with Gasteiger partial charge in [-0.1, -0.05) is 36.4 Å². The van der Waals surface area contributed by atoms with Gasteiger partial charge in [0, 0.05) is 16.5 Å². The van der Waals surface area contributed by atoms with E-state index in [-0.39, 0.29) is 11.4 Å². The molecule has 3 N–H and O–H groups in total. The number of nitrogens with zero attached hydrogens (tertiary/aromatic N) is 1. The number of carboxylic acids is 1. The molecule has 2 aromatic heterocycles. The Morgan fingerprint density at radius 2 is 1.96 bits per heavy atom. The van der Waals surface area contributed by atoms with Gasteiger partial charge in [-0.3, -0.25) is 9.59 Å². The number of hydrogen-bond acceptors (Lipinski definition) is 5. The van der Waals surface area contributed by atoms with Gasteiger partial charge < -0.3 is 15.5 Å². The number of pyridine rings is 1. The molecule has 0 spiro atoms. The first-order valence-corrected chi connectivity index (χ1v) is 8.21.